The Hall–Kier alpha value is -1.26. The lowest BCUT2D eigenvalue weighted by Gasteiger charge is -2.16. The van der Waals surface area contributed by atoms with Gasteiger partial charge in [0.15, 0.2) is 11.5 Å². The van der Waals surface area contributed by atoms with E-state index in [4.69, 9.17) is 9.47 Å². The van der Waals surface area contributed by atoms with E-state index >= 15 is 0 Å². The molecule has 17 heavy (non-hydrogen) atoms. The summed E-state index contributed by atoms with van der Waals surface area (Å²) in [6.45, 7) is 1.08. The summed E-state index contributed by atoms with van der Waals surface area (Å²) in [4.78, 5) is 0. The Labute approximate surface area is 101 Å². The first-order valence-corrected chi connectivity index (χ1v) is 6.13. The third-order valence-electron chi connectivity index (χ3n) is 3.48. The molecule has 1 saturated carbocycles. The first kappa shape index (κ1) is 10.9. The molecule has 1 aromatic carbocycles. The number of benzene rings is 1. The second-order valence-electron chi connectivity index (χ2n) is 4.67. The van der Waals surface area contributed by atoms with E-state index in [1.54, 1.807) is 0 Å². The highest BCUT2D eigenvalue weighted by molar-refractivity contribution is 5.44. The summed E-state index contributed by atoms with van der Waals surface area (Å²) in [5.74, 6) is 1.63. The lowest BCUT2D eigenvalue weighted by Crippen LogP contribution is -2.34. The average Bonchev–Trinajstić information content (AvgIpc) is 2.94. The van der Waals surface area contributed by atoms with Crippen LogP contribution >= 0.6 is 0 Å². The van der Waals surface area contributed by atoms with Crippen LogP contribution in [0.3, 0.4) is 0 Å². The van der Waals surface area contributed by atoms with E-state index in [2.05, 4.69) is 5.32 Å². The zero-order valence-electron chi connectivity index (χ0n) is 9.69. The predicted octanol–water partition coefficient (Wildman–Crippen LogP) is 1.42. The van der Waals surface area contributed by atoms with Crippen molar-refractivity contribution in [1.29, 1.82) is 0 Å². The Morgan fingerprint density at radius 2 is 2.12 bits per heavy atom. The van der Waals surface area contributed by atoms with Gasteiger partial charge in [0, 0.05) is 12.6 Å². The number of rotatable bonds is 3. The third-order valence-corrected chi connectivity index (χ3v) is 3.48. The average molecular weight is 235 g/mol. The number of aliphatic hydroxyl groups excluding tert-OH is 1. The van der Waals surface area contributed by atoms with Gasteiger partial charge in [-0.05, 0) is 37.0 Å². The molecule has 1 aliphatic heterocycles. The van der Waals surface area contributed by atoms with Gasteiger partial charge in [-0.25, -0.2) is 0 Å². The Bertz CT molecular complexity index is 408. The molecule has 2 aliphatic rings. The minimum absolute atomic E-state index is 0.191. The summed E-state index contributed by atoms with van der Waals surface area (Å²) in [7, 11) is 0. The molecule has 3 rings (SSSR count). The lowest BCUT2D eigenvalue weighted by molar-refractivity contribution is 0.148. The lowest BCUT2D eigenvalue weighted by atomic mass is 10.1. The van der Waals surface area contributed by atoms with Crippen molar-refractivity contribution >= 4 is 0 Å². The summed E-state index contributed by atoms with van der Waals surface area (Å²) in [6, 6.07) is 6.20. The van der Waals surface area contributed by atoms with Crippen molar-refractivity contribution < 1.29 is 14.6 Å². The number of hydrogen-bond donors (Lipinski definition) is 2. The van der Waals surface area contributed by atoms with Crippen molar-refractivity contribution in [2.24, 2.45) is 0 Å². The molecule has 0 bridgehead atoms. The van der Waals surface area contributed by atoms with Crippen LogP contribution in [0.25, 0.3) is 0 Å². The molecule has 0 aromatic heterocycles. The fraction of sp³-hybridized carbons (Fsp3) is 0.538. The second-order valence-corrected chi connectivity index (χ2v) is 4.67. The summed E-state index contributed by atoms with van der Waals surface area (Å²) in [5.41, 5.74) is 1.16. The van der Waals surface area contributed by atoms with Gasteiger partial charge in [0.1, 0.15) is 0 Å². The molecule has 2 N–H and O–H groups in total. The molecule has 0 saturated heterocycles. The number of fused-ring (bicyclic) bond motifs is 1. The van der Waals surface area contributed by atoms with E-state index in [9.17, 15) is 5.11 Å². The van der Waals surface area contributed by atoms with E-state index < -0.39 is 0 Å². The smallest absolute Gasteiger partial charge is 0.231 e. The molecule has 4 nitrogen and oxygen atoms in total. The molecule has 1 heterocycles. The highest BCUT2D eigenvalue weighted by Crippen LogP contribution is 2.32. The van der Waals surface area contributed by atoms with Gasteiger partial charge in [-0.3, -0.25) is 0 Å². The Balaban J connectivity index is 1.61. The number of ether oxygens (including phenoxy) is 2. The molecule has 0 spiro atoms. The Kier molecular flexibility index (Phi) is 2.91. The van der Waals surface area contributed by atoms with Crippen LogP contribution in [0.1, 0.15) is 24.8 Å². The maximum absolute atomic E-state index is 9.71. The van der Waals surface area contributed by atoms with Crippen molar-refractivity contribution in [3.05, 3.63) is 23.8 Å². The number of hydrogen-bond acceptors (Lipinski definition) is 4. The molecule has 1 fully saturated rings. The zero-order valence-corrected chi connectivity index (χ0v) is 9.69. The van der Waals surface area contributed by atoms with Crippen LogP contribution < -0.4 is 14.8 Å². The fourth-order valence-electron chi connectivity index (χ4n) is 2.48. The summed E-state index contributed by atoms with van der Waals surface area (Å²) in [6.07, 6.45) is 2.90. The molecule has 1 aromatic rings. The summed E-state index contributed by atoms with van der Waals surface area (Å²) in [5, 5.41) is 13.1. The molecule has 92 valence electrons. The van der Waals surface area contributed by atoms with E-state index in [-0.39, 0.29) is 12.1 Å². The highest BCUT2D eigenvalue weighted by atomic mass is 16.7. The van der Waals surface area contributed by atoms with E-state index in [0.29, 0.717) is 6.79 Å². The van der Waals surface area contributed by atoms with Crippen LogP contribution in [0.4, 0.5) is 0 Å². The van der Waals surface area contributed by atoms with Gasteiger partial charge >= 0.3 is 0 Å². The number of nitrogens with one attached hydrogen (secondary N) is 1. The van der Waals surface area contributed by atoms with Gasteiger partial charge in [-0.2, -0.15) is 0 Å². The molecule has 2 atom stereocenters. The number of aliphatic hydroxyl groups is 1. The van der Waals surface area contributed by atoms with Crippen LogP contribution in [-0.2, 0) is 6.54 Å². The van der Waals surface area contributed by atoms with Gasteiger partial charge in [0.05, 0.1) is 6.10 Å². The van der Waals surface area contributed by atoms with E-state index in [1.807, 2.05) is 18.2 Å². The van der Waals surface area contributed by atoms with E-state index in [0.717, 1.165) is 42.9 Å². The minimum atomic E-state index is -0.191. The second kappa shape index (κ2) is 4.55. The van der Waals surface area contributed by atoms with Gasteiger partial charge in [0.25, 0.3) is 0 Å². The van der Waals surface area contributed by atoms with Crippen LogP contribution in [-0.4, -0.2) is 24.0 Å². The van der Waals surface area contributed by atoms with Crippen molar-refractivity contribution in [3.63, 3.8) is 0 Å². The first-order valence-electron chi connectivity index (χ1n) is 6.13. The SMILES string of the molecule is O[C@H]1CCC[C@@H]1NCc1ccc2c(c1)OCO2. The van der Waals surface area contributed by atoms with Crippen LogP contribution in [0.15, 0.2) is 18.2 Å². The maximum Gasteiger partial charge on any atom is 0.231 e. The third kappa shape index (κ3) is 2.23. The van der Waals surface area contributed by atoms with Crippen LogP contribution in [0.2, 0.25) is 0 Å². The zero-order chi connectivity index (χ0) is 11.7. The van der Waals surface area contributed by atoms with Gasteiger partial charge < -0.3 is 19.9 Å². The van der Waals surface area contributed by atoms with Crippen LogP contribution in [0.5, 0.6) is 11.5 Å². The van der Waals surface area contributed by atoms with Gasteiger partial charge in [-0.1, -0.05) is 6.07 Å². The van der Waals surface area contributed by atoms with Crippen molar-refractivity contribution in [2.45, 2.75) is 38.0 Å². The summed E-state index contributed by atoms with van der Waals surface area (Å²) >= 11 is 0. The predicted molar refractivity (Wildman–Crippen MR) is 63.1 cm³/mol. The first-order chi connectivity index (χ1) is 8.33. The van der Waals surface area contributed by atoms with Crippen LogP contribution in [0, 0.1) is 0 Å². The molecule has 0 unspecified atom stereocenters. The topological polar surface area (TPSA) is 50.7 Å². The van der Waals surface area contributed by atoms with Gasteiger partial charge in [-0.15, -0.1) is 0 Å². The minimum Gasteiger partial charge on any atom is -0.454 e. The molecule has 4 heteroatoms. The maximum atomic E-state index is 9.71. The fourth-order valence-corrected chi connectivity index (χ4v) is 2.48. The molecule has 0 amide bonds. The largest absolute Gasteiger partial charge is 0.454 e. The molecular formula is C13H17NO3. The molecule has 1 aliphatic carbocycles. The molecular weight excluding hydrogens is 218 g/mol. The van der Waals surface area contributed by atoms with Crippen molar-refractivity contribution in [3.8, 4) is 11.5 Å². The normalized spacial score (nSPS) is 26.4. The highest BCUT2D eigenvalue weighted by Gasteiger charge is 2.24. The Morgan fingerprint density at radius 1 is 1.24 bits per heavy atom. The standard InChI is InChI=1S/C13H17NO3/c15-11-3-1-2-10(11)14-7-9-4-5-12-13(6-9)17-8-16-12/h4-6,10-11,14-15H,1-3,7-8H2/t10-,11-/m0/s1. The van der Waals surface area contributed by atoms with Crippen molar-refractivity contribution in [1.82, 2.24) is 5.32 Å². The van der Waals surface area contributed by atoms with Crippen molar-refractivity contribution in [2.75, 3.05) is 6.79 Å². The summed E-state index contributed by atoms with van der Waals surface area (Å²) < 4.78 is 10.6. The molecule has 0 radical (unpaired) electrons. The monoisotopic (exact) mass is 235 g/mol. The van der Waals surface area contributed by atoms with Gasteiger partial charge in [0.2, 0.25) is 6.79 Å². The van der Waals surface area contributed by atoms with E-state index in [1.165, 1.54) is 0 Å². The quantitative estimate of drug-likeness (QED) is 0.832. The Morgan fingerprint density at radius 3 is 2.94 bits per heavy atom.